The minimum Gasteiger partial charge on any atom is -0.374 e. The fourth-order valence-corrected chi connectivity index (χ4v) is 5.34. The lowest BCUT2D eigenvalue weighted by molar-refractivity contribution is -0.0898. The zero-order chi connectivity index (χ0) is 30.2. The van der Waals surface area contributed by atoms with Crippen molar-refractivity contribution in [3.8, 4) is 12.5 Å². The van der Waals surface area contributed by atoms with Crippen molar-refractivity contribution < 1.29 is 41.7 Å². The largest absolute Gasteiger partial charge is 0.374 e. The molecule has 11 heteroatoms. The number of aromatic nitrogens is 1. The van der Waals surface area contributed by atoms with Gasteiger partial charge in [-0.25, -0.2) is 22.9 Å². The summed E-state index contributed by atoms with van der Waals surface area (Å²) in [5, 5.41) is 1.92. The van der Waals surface area contributed by atoms with E-state index >= 15 is 0 Å². The van der Waals surface area contributed by atoms with Crippen LogP contribution in [0.1, 0.15) is 38.3 Å². The molecular weight excluding hydrogens is 583 g/mol. The first-order valence-corrected chi connectivity index (χ1v) is 14.1. The van der Waals surface area contributed by atoms with Gasteiger partial charge in [-0.05, 0) is 53.1 Å². The lowest BCUT2D eigenvalue weighted by atomic mass is 10.1. The molecule has 7 nitrogen and oxygen atoms in total. The number of terminal acetylenes is 1. The molecule has 0 spiro atoms. The maximum Gasteiger partial charge on any atom is 0.371 e. The molecule has 5 rings (SSSR count). The Hall–Kier alpha value is -4.05. The van der Waals surface area contributed by atoms with Crippen LogP contribution in [0.2, 0.25) is 0 Å². The Labute approximate surface area is 250 Å². The van der Waals surface area contributed by atoms with Crippen LogP contribution in [0, 0.1) is 30.0 Å². The first-order valence-electron chi connectivity index (χ1n) is 13.2. The van der Waals surface area contributed by atoms with E-state index in [1.165, 1.54) is 41.8 Å². The fraction of sp³-hybridized carbons (Fsp3) is 0.250. The van der Waals surface area contributed by atoms with E-state index in [9.17, 15) is 18.0 Å². The summed E-state index contributed by atoms with van der Waals surface area (Å²) < 4.78 is 69.9. The first kappa shape index (κ1) is 30.4. The number of carbonyl (C=O) groups excluding carboxylic acids is 1. The number of benzene rings is 3. The molecule has 1 aliphatic heterocycles. The summed E-state index contributed by atoms with van der Waals surface area (Å²) in [5.41, 5.74) is 2.21. The number of carbonyl (C=O) groups is 1. The quantitative estimate of drug-likeness (QED) is 0.141. The molecule has 0 amide bonds. The third-order valence-corrected chi connectivity index (χ3v) is 7.52. The monoisotopic (exact) mass is 609 g/mol. The van der Waals surface area contributed by atoms with Crippen molar-refractivity contribution in [1.82, 2.24) is 4.98 Å². The predicted molar refractivity (Wildman–Crippen MR) is 150 cm³/mol. The van der Waals surface area contributed by atoms with Crippen molar-refractivity contribution in [3.05, 3.63) is 123 Å². The molecule has 1 aromatic heterocycles. The highest BCUT2D eigenvalue weighted by molar-refractivity contribution is 7.09. The topological polar surface area (TPSA) is 76.1 Å². The van der Waals surface area contributed by atoms with Gasteiger partial charge in [-0.1, -0.05) is 42.8 Å². The number of rotatable bonds is 12. The smallest absolute Gasteiger partial charge is 0.371 e. The van der Waals surface area contributed by atoms with Crippen LogP contribution in [0.25, 0.3) is 0 Å². The number of esters is 1. The van der Waals surface area contributed by atoms with Crippen LogP contribution in [0.3, 0.4) is 0 Å². The summed E-state index contributed by atoms with van der Waals surface area (Å²) in [4.78, 5) is 16.6. The van der Waals surface area contributed by atoms with Crippen LogP contribution >= 0.6 is 11.3 Å². The van der Waals surface area contributed by atoms with Gasteiger partial charge in [-0.15, -0.1) is 11.3 Å². The minimum absolute atomic E-state index is 0.0126. The van der Waals surface area contributed by atoms with E-state index in [0.717, 1.165) is 22.5 Å². The van der Waals surface area contributed by atoms with Crippen molar-refractivity contribution in [2.24, 2.45) is 0 Å². The van der Waals surface area contributed by atoms with E-state index in [2.05, 4.69) is 9.72 Å². The number of thiazole rings is 1. The molecule has 4 atom stereocenters. The van der Waals surface area contributed by atoms with Gasteiger partial charge in [0.1, 0.15) is 53.0 Å². The molecule has 1 saturated heterocycles. The van der Waals surface area contributed by atoms with Crippen LogP contribution in [-0.2, 0) is 43.5 Å². The van der Waals surface area contributed by atoms with Crippen LogP contribution in [-0.4, -0.2) is 35.9 Å². The van der Waals surface area contributed by atoms with Gasteiger partial charge in [0.2, 0.25) is 0 Å². The summed E-state index contributed by atoms with van der Waals surface area (Å²) >= 11 is 1.16. The van der Waals surface area contributed by atoms with E-state index in [0.29, 0.717) is 10.6 Å². The number of halogens is 3. The average Bonchev–Trinajstić information content (AvgIpc) is 3.63. The summed E-state index contributed by atoms with van der Waals surface area (Å²) in [5.74, 6) is -1.88. The van der Waals surface area contributed by atoms with Gasteiger partial charge in [0.15, 0.2) is 5.69 Å². The number of ether oxygens (including phenoxy) is 5. The second-order valence-corrected chi connectivity index (χ2v) is 10.5. The van der Waals surface area contributed by atoms with Gasteiger partial charge >= 0.3 is 5.97 Å². The van der Waals surface area contributed by atoms with Gasteiger partial charge in [-0.3, -0.25) is 0 Å². The molecule has 3 aromatic carbocycles. The molecule has 0 saturated carbocycles. The van der Waals surface area contributed by atoms with Gasteiger partial charge in [0.05, 0.1) is 26.4 Å². The SMILES string of the molecule is C#COC(=O)c1csc(C2O[C@H](COCc3ccc(F)cc3)[C@@H](OCc3ccc(F)cc3)[C@H]2OCc2ccc(F)cc2)n1. The third-order valence-electron chi connectivity index (χ3n) is 6.61. The molecule has 4 aromatic rings. The number of hydrogen-bond acceptors (Lipinski definition) is 8. The molecule has 0 aliphatic carbocycles. The van der Waals surface area contributed by atoms with E-state index in [-0.39, 0.29) is 49.6 Å². The maximum absolute atomic E-state index is 13.5. The Kier molecular flexibility index (Phi) is 10.2. The second kappa shape index (κ2) is 14.4. The van der Waals surface area contributed by atoms with Gasteiger partial charge in [0.25, 0.3) is 0 Å². The molecule has 1 aliphatic rings. The Morgan fingerprint density at radius 2 is 1.33 bits per heavy atom. The van der Waals surface area contributed by atoms with E-state index < -0.39 is 30.4 Å². The Bertz CT molecular complexity index is 1540. The normalized spacial score (nSPS) is 19.7. The zero-order valence-electron chi connectivity index (χ0n) is 22.7. The third kappa shape index (κ3) is 8.07. The molecule has 1 unspecified atom stereocenters. The van der Waals surface area contributed by atoms with Crippen molar-refractivity contribution in [1.29, 1.82) is 0 Å². The summed E-state index contributed by atoms with van der Waals surface area (Å²) in [6.45, 7) is 0.483. The Balaban J connectivity index is 1.39. The zero-order valence-corrected chi connectivity index (χ0v) is 23.5. The van der Waals surface area contributed by atoms with Crippen molar-refractivity contribution in [3.63, 3.8) is 0 Å². The Morgan fingerprint density at radius 1 is 0.814 bits per heavy atom. The Morgan fingerprint density at radius 3 is 1.86 bits per heavy atom. The van der Waals surface area contributed by atoms with Crippen LogP contribution in [0.5, 0.6) is 0 Å². The molecular formula is C32H26F3NO6S. The van der Waals surface area contributed by atoms with Crippen LogP contribution in [0.15, 0.2) is 78.2 Å². The van der Waals surface area contributed by atoms with E-state index in [4.69, 9.17) is 25.4 Å². The molecule has 1 fully saturated rings. The average molecular weight is 610 g/mol. The van der Waals surface area contributed by atoms with Crippen molar-refractivity contribution >= 4 is 17.3 Å². The van der Waals surface area contributed by atoms with Gasteiger partial charge in [0, 0.05) is 5.38 Å². The van der Waals surface area contributed by atoms with E-state index in [1.54, 1.807) is 36.4 Å². The number of nitrogens with zero attached hydrogens (tertiary/aromatic N) is 1. The lowest BCUT2D eigenvalue weighted by Crippen LogP contribution is -2.37. The molecule has 0 bridgehead atoms. The van der Waals surface area contributed by atoms with Crippen LogP contribution in [0.4, 0.5) is 13.2 Å². The standard InChI is InChI=1S/C32H26F3NO6S/c1-2-39-32(37)26-19-43-31(36-26)30-29(41-17-22-7-13-25(35)14-8-22)28(40-16-21-5-11-24(34)12-6-21)27(42-30)18-38-15-20-3-9-23(33)10-4-20/h1,3-14,19,27-30H,15-18H2/t27-,28-,29-,30?/m1/s1. The van der Waals surface area contributed by atoms with E-state index in [1.807, 2.05) is 6.11 Å². The first-order chi connectivity index (χ1) is 20.9. The fourth-order valence-electron chi connectivity index (χ4n) is 4.48. The van der Waals surface area contributed by atoms with Gasteiger partial charge in [-0.2, -0.15) is 0 Å². The molecule has 2 heterocycles. The van der Waals surface area contributed by atoms with Gasteiger partial charge < -0.3 is 23.7 Å². The van der Waals surface area contributed by atoms with Crippen LogP contribution < -0.4 is 0 Å². The lowest BCUT2D eigenvalue weighted by Gasteiger charge is -2.25. The molecule has 222 valence electrons. The second-order valence-electron chi connectivity index (χ2n) is 9.62. The minimum atomic E-state index is -0.782. The highest BCUT2D eigenvalue weighted by Crippen LogP contribution is 2.39. The summed E-state index contributed by atoms with van der Waals surface area (Å²) in [6.07, 6.45) is 4.04. The van der Waals surface area contributed by atoms with Crippen molar-refractivity contribution in [2.75, 3.05) is 6.61 Å². The summed E-state index contributed by atoms with van der Waals surface area (Å²) in [7, 11) is 0. The molecule has 0 radical (unpaired) electrons. The molecule has 43 heavy (non-hydrogen) atoms. The van der Waals surface area contributed by atoms with Crippen molar-refractivity contribution in [2.45, 2.75) is 44.2 Å². The highest BCUT2D eigenvalue weighted by Gasteiger charge is 2.48. The molecule has 0 N–H and O–H groups in total. The highest BCUT2D eigenvalue weighted by atomic mass is 32.1. The maximum atomic E-state index is 13.5. The number of hydrogen-bond donors (Lipinski definition) is 0. The summed E-state index contributed by atoms with van der Waals surface area (Å²) in [6, 6.07) is 17.7. The predicted octanol–water partition coefficient (Wildman–Crippen LogP) is 6.14.